The molecule has 130 valence electrons. The second-order valence-electron chi connectivity index (χ2n) is 6.35. The van der Waals surface area contributed by atoms with Crippen LogP contribution in [0.4, 0.5) is 5.69 Å². The minimum absolute atomic E-state index is 0.828. The largest absolute Gasteiger partial charge is 0.346 e. The molecule has 0 atom stereocenters. The maximum Gasteiger partial charge on any atom is 0.173 e. The number of hydrogen-bond donors (Lipinski definition) is 1. The lowest BCUT2D eigenvalue weighted by atomic mass is 10.2. The minimum Gasteiger partial charge on any atom is -0.346 e. The topological polar surface area (TPSA) is 18.5 Å². The summed E-state index contributed by atoms with van der Waals surface area (Å²) in [7, 11) is 0. The highest BCUT2D eigenvalue weighted by Gasteiger charge is 2.18. The summed E-state index contributed by atoms with van der Waals surface area (Å²) in [5.74, 6) is 0. The normalized spacial score (nSPS) is 15.5. The monoisotopic (exact) mass is 351 g/mol. The van der Waals surface area contributed by atoms with Crippen LogP contribution in [-0.4, -0.2) is 47.6 Å². The summed E-state index contributed by atoms with van der Waals surface area (Å²) in [6.45, 7) is 7.10. The maximum absolute atomic E-state index is 5.59. The van der Waals surface area contributed by atoms with E-state index < -0.39 is 0 Å². The summed E-state index contributed by atoms with van der Waals surface area (Å²) in [6, 6.07) is 18.7. The Hall–Kier alpha value is -2.17. The zero-order valence-corrected chi connectivity index (χ0v) is 15.5. The van der Waals surface area contributed by atoms with Crippen LogP contribution in [0.1, 0.15) is 11.1 Å². The van der Waals surface area contributed by atoms with Crippen molar-refractivity contribution in [3.05, 3.63) is 71.8 Å². The summed E-state index contributed by atoms with van der Waals surface area (Å²) < 4.78 is 0. The average molecular weight is 352 g/mol. The van der Waals surface area contributed by atoms with Crippen LogP contribution in [0.2, 0.25) is 0 Å². The Labute approximate surface area is 156 Å². The van der Waals surface area contributed by atoms with Crippen molar-refractivity contribution < 1.29 is 0 Å². The fourth-order valence-electron chi connectivity index (χ4n) is 2.94. The van der Waals surface area contributed by atoms with Crippen LogP contribution >= 0.6 is 12.2 Å². The summed E-state index contributed by atoms with van der Waals surface area (Å²) in [5.41, 5.74) is 3.57. The van der Waals surface area contributed by atoms with E-state index in [2.05, 4.69) is 70.6 Å². The smallest absolute Gasteiger partial charge is 0.173 e. The molecule has 1 N–H and O–H groups in total. The van der Waals surface area contributed by atoms with Gasteiger partial charge in [-0.25, -0.2) is 0 Å². The van der Waals surface area contributed by atoms with E-state index in [9.17, 15) is 0 Å². The Bertz CT molecular complexity index is 719. The van der Waals surface area contributed by atoms with Crippen LogP contribution in [-0.2, 0) is 0 Å². The standard InChI is InChI=1S/C21H25N3S/c1-18-8-5-6-12-20(18)22-21(25)24-16-14-23(15-17-24)13-7-11-19-9-3-2-4-10-19/h2-12H,13-17H2,1H3,(H,22,25). The third-order valence-electron chi connectivity index (χ3n) is 4.52. The molecule has 0 radical (unpaired) electrons. The second kappa shape index (κ2) is 8.79. The number of aryl methyl sites for hydroxylation is 1. The number of rotatable bonds is 4. The molecule has 0 aliphatic carbocycles. The van der Waals surface area contributed by atoms with Crippen molar-refractivity contribution in [1.82, 2.24) is 9.80 Å². The van der Waals surface area contributed by atoms with Gasteiger partial charge in [0.1, 0.15) is 0 Å². The highest BCUT2D eigenvalue weighted by Crippen LogP contribution is 2.14. The van der Waals surface area contributed by atoms with E-state index in [-0.39, 0.29) is 0 Å². The molecule has 3 nitrogen and oxygen atoms in total. The highest BCUT2D eigenvalue weighted by atomic mass is 32.1. The Morgan fingerprint density at radius 3 is 2.40 bits per heavy atom. The molecule has 2 aromatic rings. The summed E-state index contributed by atoms with van der Waals surface area (Å²) in [5, 5.41) is 4.21. The van der Waals surface area contributed by atoms with Crippen molar-refractivity contribution >= 4 is 29.1 Å². The van der Waals surface area contributed by atoms with Gasteiger partial charge in [0.2, 0.25) is 0 Å². The molecule has 1 aliphatic rings. The number of nitrogens with one attached hydrogen (secondary N) is 1. The van der Waals surface area contributed by atoms with Gasteiger partial charge in [0.15, 0.2) is 5.11 Å². The molecule has 0 unspecified atom stereocenters. The first-order valence-electron chi connectivity index (χ1n) is 8.78. The molecule has 1 heterocycles. The van der Waals surface area contributed by atoms with E-state index in [1.807, 2.05) is 18.2 Å². The molecule has 0 amide bonds. The number of nitrogens with zero attached hydrogens (tertiary/aromatic N) is 2. The first-order chi connectivity index (χ1) is 12.2. The van der Waals surface area contributed by atoms with Gasteiger partial charge >= 0.3 is 0 Å². The van der Waals surface area contributed by atoms with Crippen molar-refractivity contribution in [3.8, 4) is 0 Å². The quantitative estimate of drug-likeness (QED) is 0.838. The number of piperazine rings is 1. The van der Waals surface area contributed by atoms with Gasteiger partial charge in [-0.1, -0.05) is 60.7 Å². The Kier molecular flexibility index (Phi) is 6.20. The van der Waals surface area contributed by atoms with Gasteiger partial charge in [-0.05, 0) is 36.3 Å². The molecule has 2 aromatic carbocycles. The van der Waals surface area contributed by atoms with Crippen LogP contribution in [0.15, 0.2) is 60.7 Å². The van der Waals surface area contributed by atoms with E-state index in [4.69, 9.17) is 12.2 Å². The Morgan fingerprint density at radius 1 is 1.00 bits per heavy atom. The number of para-hydroxylation sites is 1. The fraction of sp³-hybridized carbons (Fsp3) is 0.286. The van der Waals surface area contributed by atoms with E-state index in [1.165, 1.54) is 11.1 Å². The molecule has 0 spiro atoms. The second-order valence-corrected chi connectivity index (χ2v) is 6.73. The lowest BCUT2D eigenvalue weighted by molar-refractivity contribution is 0.200. The molecule has 3 rings (SSSR count). The average Bonchev–Trinajstić information content (AvgIpc) is 2.65. The molecule has 4 heteroatoms. The van der Waals surface area contributed by atoms with E-state index >= 15 is 0 Å². The van der Waals surface area contributed by atoms with Crippen molar-refractivity contribution in [1.29, 1.82) is 0 Å². The number of benzene rings is 2. The van der Waals surface area contributed by atoms with Gasteiger partial charge in [0, 0.05) is 38.4 Å². The van der Waals surface area contributed by atoms with Crippen molar-refractivity contribution in [2.24, 2.45) is 0 Å². The molecular weight excluding hydrogens is 326 g/mol. The van der Waals surface area contributed by atoms with Gasteiger partial charge in [0.05, 0.1) is 0 Å². The van der Waals surface area contributed by atoms with Gasteiger partial charge in [-0.15, -0.1) is 0 Å². The Balaban J connectivity index is 1.44. The molecule has 1 fully saturated rings. The molecule has 0 saturated carbocycles. The van der Waals surface area contributed by atoms with Crippen LogP contribution in [0, 0.1) is 6.92 Å². The molecule has 0 aromatic heterocycles. The van der Waals surface area contributed by atoms with Gasteiger partial charge in [-0.3, -0.25) is 4.90 Å². The van der Waals surface area contributed by atoms with Gasteiger partial charge in [-0.2, -0.15) is 0 Å². The summed E-state index contributed by atoms with van der Waals surface area (Å²) in [4.78, 5) is 4.73. The lowest BCUT2D eigenvalue weighted by Crippen LogP contribution is -2.49. The SMILES string of the molecule is Cc1ccccc1NC(=S)N1CCN(CC=Cc2ccccc2)CC1. The summed E-state index contributed by atoms with van der Waals surface area (Å²) >= 11 is 5.59. The van der Waals surface area contributed by atoms with Gasteiger partial charge in [0.25, 0.3) is 0 Å². The molecule has 1 aliphatic heterocycles. The van der Waals surface area contributed by atoms with Crippen molar-refractivity contribution in [2.75, 3.05) is 38.0 Å². The van der Waals surface area contributed by atoms with Crippen molar-refractivity contribution in [2.45, 2.75) is 6.92 Å². The minimum atomic E-state index is 0.828. The number of hydrogen-bond acceptors (Lipinski definition) is 2. The molecular formula is C21H25N3S. The third-order valence-corrected chi connectivity index (χ3v) is 4.88. The highest BCUT2D eigenvalue weighted by molar-refractivity contribution is 7.80. The zero-order valence-electron chi connectivity index (χ0n) is 14.7. The van der Waals surface area contributed by atoms with Crippen LogP contribution in [0.3, 0.4) is 0 Å². The van der Waals surface area contributed by atoms with Crippen LogP contribution in [0.25, 0.3) is 6.08 Å². The van der Waals surface area contributed by atoms with Crippen molar-refractivity contribution in [3.63, 3.8) is 0 Å². The van der Waals surface area contributed by atoms with E-state index in [0.717, 1.165) is 43.5 Å². The summed E-state index contributed by atoms with van der Waals surface area (Å²) in [6.07, 6.45) is 4.44. The van der Waals surface area contributed by atoms with E-state index in [0.29, 0.717) is 0 Å². The van der Waals surface area contributed by atoms with E-state index in [1.54, 1.807) is 0 Å². The molecule has 1 saturated heterocycles. The predicted molar refractivity (Wildman–Crippen MR) is 111 cm³/mol. The Morgan fingerprint density at radius 2 is 1.68 bits per heavy atom. The van der Waals surface area contributed by atoms with Gasteiger partial charge < -0.3 is 10.2 Å². The molecule has 25 heavy (non-hydrogen) atoms. The maximum atomic E-state index is 5.59. The number of anilines is 1. The fourth-order valence-corrected chi connectivity index (χ4v) is 3.24. The first-order valence-corrected chi connectivity index (χ1v) is 9.19. The third kappa shape index (κ3) is 5.15. The van der Waals surface area contributed by atoms with Crippen LogP contribution < -0.4 is 5.32 Å². The molecule has 0 bridgehead atoms. The number of thiocarbonyl (C=S) groups is 1. The first kappa shape index (κ1) is 17.6. The van der Waals surface area contributed by atoms with Crippen LogP contribution in [0.5, 0.6) is 0 Å². The zero-order chi connectivity index (χ0) is 17.5. The lowest BCUT2D eigenvalue weighted by Gasteiger charge is -2.35. The predicted octanol–water partition coefficient (Wildman–Crippen LogP) is 4.02.